The first-order valence-electron chi connectivity index (χ1n) is 12.2. The number of carboxylic acid groups (broad SMARTS) is 2. The molecule has 1 saturated carbocycles. The van der Waals surface area contributed by atoms with Crippen molar-refractivity contribution in [1.29, 1.82) is 0 Å². The summed E-state index contributed by atoms with van der Waals surface area (Å²) < 4.78 is 1.23. The lowest BCUT2D eigenvalue weighted by Crippen LogP contribution is -2.74. The van der Waals surface area contributed by atoms with Gasteiger partial charge in [0, 0.05) is 42.3 Å². The second-order valence-corrected chi connectivity index (χ2v) is 12.7. The largest absolute Gasteiger partial charge is 0.481 e. The van der Waals surface area contributed by atoms with Crippen LogP contribution in [0.1, 0.15) is 25.0 Å². The number of oxime groups is 1. The maximum atomic E-state index is 13.3. The predicted molar refractivity (Wildman–Crippen MR) is 148 cm³/mol. The van der Waals surface area contributed by atoms with Gasteiger partial charge < -0.3 is 36.7 Å². The van der Waals surface area contributed by atoms with Gasteiger partial charge in [-0.3, -0.25) is 20.2 Å². The van der Waals surface area contributed by atoms with Crippen molar-refractivity contribution in [3.63, 3.8) is 0 Å². The maximum Gasteiger partial charge on any atom is 0.384 e. The number of aliphatic carboxylic acids is 2. The second kappa shape index (κ2) is 10.9. The standard InChI is InChI=1S/C22H25N9O7S3/c23-11-2-5-31(25)20(27-11)41-9-21(17(34)35)7-30-15(33)13(16(30)40-8-21)28-14(32)12(10-6-39-19(24)26-10)29-38-22(18(36)37)3-1-4-22/h2,5-6,13,16,23H,1,3-4,7-9,25H2,(H5,24,26,28,32,34,35,36,37)/p+1/t13?,16-,21?/m1/s1. The Kier molecular flexibility index (Phi) is 7.60. The maximum absolute atomic E-state index is 13.3. The van der Waals surface area contributed by atoms with Gasteiger partial charge in [0.05, 0.1) is 0 Å². The lowest BCUT2D eigenvalue weighted by molar-refractivity contribution is -0.682. The predicted octanol–water partition coefficient (Wildman–Crippen LogP) is -1.30. The fraction of sp³-hybridized carbons (Fsp3) is 0.455. The van der Waals surface area contributed by atoms with Crippen LogP contribution in [0, 0.1) is 5.41 Å². The van der Waals surface area contributed by atoms with Crippen molar-refractivity contribution in [3.05, 3.63) is 23.3 Å². The van der Waals surface area contributed by atoms with E-state index >= 15 is 0 Å². The van der Waals surface area contributed by atoms with Crippen LogP contribution in [0.25, 0.3) is 0 Å². The number of thiazole rings is 1. The van der Waals surface area contributed by atoms with Crippen molar-refractivity contribution in [3.8, 4) is 0 Å². The molecule has 9 N–H and O–H groups in total. The van der Waals surface area contributed by atoms with Crippen LogP contribution in [0.15, 0.2) is 28.0 Å². The monoisotopic (exact) mass is 624 g/mol. The number of nitrogens with one attached hydrogen (secondary N) is 1. The number of fused-ring (bicyclic) bond motifs is 1. The van der Waals surface area contributed by atoms with Gasteiger partial charge in [-0.1, -0.05) is 5.16 Å². The second-order valence-electron chi connectivity index (χ2n) is 9.79. The van der Waals surface area contributed by atoms with E-state index in [-0.39, 0.29) is 53.2 Å². The molecule has 41 heavy (non-hydrogen) atoms. The highest BCUT2D eigenvalue weighted by Crippen LogP contribution is 2.44. The van der Waals surface area contributed by atoms with Crippen molar-refractivity contribution in [2.45, 2.75) is 41.4 Å². The third kappa shape index (κ3) is 5.31. The minimum Gasteiger partial charge on any atom is -0.481 e. The number of nitrogen functional groups attached to an aromatic ring is 3. The summed E-state index contributed by atoms with van der Waals surface area (Å²) >= 11 is 3.38. The number of aromatic nitrogens is 3. The van der Waals surface area contributed by atoms with Crippen molar-refractivity contribution >= 4 is 75.3 Å². The summed E-state index contributed by atoms with van der Waals surface area (Å²) in [5, 5.41) is 27.5. The Balaban J connectivity index is 1.28. The van der Waals surface area contributed by atoms with E-state index in [1.165, 1.54) is 39.0 Å². The molecule has 3 fully saturated rings. The summed E-state index contributed by atoms with van der Waals surface area (Å²) in [6.07, 6.45) is 2.61. The van der Waals surface area contributed by atoms with Gasteiger partial charge in [-0.25, -0.2) is 9.78 Å². The van der Waals surface area contributed by atoms with E-state index in [4.69, 9.17) is 22.1 Å². The first-order chi connectivity index (χ1) is 19.4. The summed E-state index contributed by atoms with van der Waals surface area (Å²) in [4.78, 5) is 65.3. The van der Waals surface area contributed by atoms with Crippen LogP contribution >= 0.6 is 34.9 Å². The SMILES string of the molecule is Nc1cc[n+](N)c(SCC2(C(=O)O)CS[C@@H]3C(NC(=O)C(=NOC4(C(=O)O)CCC4)c4csc(N)n4)C(=O)N3C2)n1. The average Bonchev–Trinajstić information content (AvgIpc) is 3.34. The molecule has 16 nitrogen and oxygen atoms in total. The molecule has 2 aliphatic heterocycles. The summed E-state index contributed by atoms with van der Waals surface area (Å²) in [5.41, 5.74) is 8.35. The van der Waals surface area contributed by atoms with Crippen molar-refractivity contribution in [1.82, 2.24) is 20.2 Å². The van der Waals surface area contributed by atoms with Crippen LogP contribution in [-0.4, -0.2) is 89.6 Å². The normalized spacial score (nSPS) is 24.9. The van der Waals surface area contributed by atoms with Crippen LogP contribution in [0.4, 0.5) is 10.9 Å². The molecule has 1 aliphatic carbocycles. The third-order valence-corrected chi connectivity index (χ3v) is 10.6. The molecule has 4 heterocycles. The van der Waals surface area contributed by atoms with Crippen LogP contribution in [0.2, 0.25) is 0 Å². The fourth-order valence-electron chi connectivity index (χ4n) is 4.43. The van der Waals surface area contributed by atoms with Crippen molar-refractivity contribution in [2.75, 3.05) is 35.4 Å². The van der Waals surface area contributed by atoms with Gasteiger partial charge in [-0.15, -0.1) is 27.8 Å². The molecule has 218 valence electrons. The van der Waals surface area contributed by atoms with Gasteiger partial charge in [0.1, 0.15) is 28.7 Å². The lowest BCUT2D eigenvalue weighted by atomic mass is 9.80. The topological polar surface area (TPSA) is 253 Å². The first-order valence-corrected chi connectivity index (χ1v) is 15.1. The molecule has 3 atom stereocenters. The summed E-state index contributed by atoms with van der Waals surface area (Å²) in [6, 6.07) is 0.543. The average molecular weight is 625 g/mol. The zero-order chi connectivity index (χ0) is 29.5. The summed E-state index contributed by atoms with van der Waals surface area (Å²) in [5.74, 6) is 2.77. The van der Waals surface area contributed by atoms with E-state index in [2.05, 4.69) is 20.4 Å². The number of amides is 2. The minimum absolute atomic E-state index is 0.0685. The molecule has 0 spiro atoms. The van der Waals surface area contributed by atoms with Crippen LogP contribution < -0.4 is 27.3 Å². The van der Waals surface area contributed by atoms with E-state index in [0.717, 1.165) is 23.1 Å². The quantitative estimate of drug-likeness (QED) is 0.0342. The smallest absolute Gasteiger partial charge is 0.384 e. The molecule has 2 amide bonds. The Morgan fingerprint density at radius 2 is 2.02 bits per heavy atom. The zero-order valence-corrected chi connectivity index (χ0v) is 23.7. The Bertz CT molecular complexity index is 1450. The summed E-state index contributed by atoms with van der Waals surface area (Å²) in [6.45, 7) is -0.0844. The highest BCUT2D eigenvalue weighted by molar-refractivity contribution is 8.00. The minimum atomic E-state index is -1.53. The number of β-lactam (4-membered cyclic amide) rings is 1. The Morgan fingerprint density at radius 3 is 2.63 bits per heavy atom. The number of nitrogens with zero attached hydrogens (tertiary/aromatic N) is 5. The number of hydrogen-bond donors (Lipinski definition) is 6. The van der Waals surface area contributed by atoms with Crippen molar-refractivity contribution < 1.29 is 38.9 Å². The van der Waals surface area contributed by atoms with E-state index in [1.54, 1.807) is 0 Å². The van der Waals surface area contributed by atoms with Gasteiger partial charge in [0.2, 0.25) is 17.3 Å². The van der Waals surface area contributed by atoms with Gasteiger partial charge in [0.25, 0.3) is 5.91 Å². The number of carbonyl (C=O) groups is 4. The number of rotatable bonds is 10. The molecule has 5 rings (SSSR count). The Hall–Kier alpha value is -3.84. The Labute approximate surface area is 244 Å². The zero-order valence-electron chi connectivity index (χ0n) is 21.3. The molecule has 0 bridgehead atoms. The van der Waals surface area contributed by atoms with Crippen LogP contribution in [0.3, 0.4) is 0 Å². The molecule has 2 saturated heterocycles. The molecule has 2 aromatic heterocycles. The van der Waals surface area contributed by atoms with E-state index < -0.39 is 46.2 Å². The van der Waals surface area contributed by atoms with E-state index in [0.29, 0.717) is 11.6 Å². The third-order valence-electron chi connectivity index (χ3n) is 7.06. The summed E-state index contributed by atoms with van der Waals surface area (Å²) in [7, 11) is 0. The number of hydrogen-bond acceptors (Lipinski definition) is 14. The molecule has 2 unspecified atom stereocenters. The highest BCUT2D eigenvalue weighted by Gasteiger charge is 2.58. The number of carboxylic acids is 2. The molecule has 0 aromatic carbocycles. The molecule has 0 radical (unpaired) electrons. The van der Waals surface area contributed by atoms with Crippen LogP contribution in [-0.2, 0) is 24.0 Å². The van der Waals surface area contributed by atoms with E-state index in [9.17, 15) is 29.4 Å². The number of nitrogens with two attached hydrogens (primary N) is 3. The van der Waals surface area contributed by atoms with Gasteiger partial charge >= 0.3 is 17.1 Å². The number of carbonyl (C=O) groups excluding carboxylic acids is 2. The van der Waals surface area contributed by atoms with Gasteiger partial charge in [0.15, 0.2) is 10.8 Å². The Morgan fingerprint density at radius 1 is 1.27 bits per heavy atom. The molecular formula is C22H26N9O7S3+. The molecule has 19 heteroatoms. The molecule has 2 aromatic rings. The van der Waals surface area contributed by atoms with Gasteiger partial charge in [-0.05, 0) is 23.2 Å². The number of anilines is 2. The first kappa shape index (κ1) is 28.7. The van der Waals surface area contributed by atoms with Gasteiger partial charge in [-0.2, -0.15) is 0 Å². The van der Waals surface area contributed by atoms with Crippen molar-refractivity contribution in [2.24, 2.45) is 10.6 Å². The molecule has 3 aliphatic rings. The van der Waals surface area contributed by atoms with Crippen LogP contribution in [0.5, 0.6) is 0 Å². The van der Waals surface area contributed by atoms with E-state index in [1.807, 2.05) is 0 Å². The lowest BCUT2D eigenvalue weighted by Gasteiger charge is -2.53. The fourth-order valence-corrected chi connectivity index (χ4v) is 7.75. The number of thioether (sulfide) groups is 2. The highest BCUT2D eigenvalue weighted by atomic mass is 32.2. The molecular weight excluding hydrogens is 598 g/mol.